The van der Waals surface area contributed by atoms with E-state index >= 15 is 0 Å². The second kappa shape index (κ2) is 5.58. The van der Waals surface area contributed by atoms with Crippen molar-refractivity contribution in [1.29, 1.82) is 0 Å². The fraction of sp³-hybridized carbons (Fsp3) is 0.286. The van der Waals surface area contributed by atoms with Crippen LogP contribution < -0.4 is 9.46 Å². The minimum atomic E-state index is -3.86. The van der Waals surface area contributed by atoms with Gasteiger partial charge in [0.05, 0.1) is 12.0 Å². The van der Waals surface area contributed by atoms with Crippen LogP contribution in [0.5, 0.6) is 5.75 Å². The van der Waals surface area contributed by atoms with Gasteiger partial charge in [0.1, 0.15) is 11.9 Å². The Balaban J connectivity index is 1.84. The van der Waals surface area contributed by atoms with Gasteiger partial charge in [0.15, 0.2) is 5.69 Å². The summed E-state index contributed by atoms with van der Waals surface area (Å²) in [5, 5.41) is 3.44. The Hall–Kier alpha value is -2.55. The van der Waals surface area contributed by atoms with E-state index in [9.17, 15) is 13.2 Å². The Bertz CT molecular complexity index is 858. The van der Waals surface area contributed by atoms with Crippen molar-refractivity contribution >= 4 is 21.9 Å². The van der Waals surface area contributed by atoms with E-state index in [1.807, 2.05) is 6.92 Å². The van der Waals surface area contributed by atoms with Crippen LogP contribution in [0.25, 0.3) is 0 Å². The lowest BCUT2D eigenvalue weighted by atomic mass is 10.1. The highest BCUT2D eigenvalue weighted by molar-refractivity contribution is 7.92. The number of methoxy groups -OCH3 is 1. The minimum absolute atomic E-state index is 0.0211. The SMILES string of the molecule is COC(=O)c1cc(NS(=O)(=O)c2ccc3c(c2)CC(C)O3)on1. The number of ether oxygens (including phenoxy) is 2. The van der Waals surface area contributed by atoms with E-state index in [-0.39, 0.29) is 22.6 Å². The zero-order chi connectivity index (χ0) is 16.6. The van der Waals surface area contributed by atoms with Gasteiger partial charge >= 0.3 is 5.97 Å². The van der Waals surface area contributed by atoms with Crippen LogP contribution >= 0.6 is 0 Å². The predicted octanol–water partition coefficient (Wildman–Crippen LogP) is 1.59. The van der Waals surface area contributed by atoms with Gasteiger partial charge in [-0.15, -0.1) is 0 Å². The van der Waals surface area contributed by atoms with Gasteiger partial charge in [0, 0.05) is 12.5 Å². The molecule has 1 aliphatic heterocycles. The summed E-state index contributed by atoms with van der Waals surface area (Å²) in [6.07, 6.45) is 0.667. The van der Waals surface area contributed by atoms with Gasteiger partial charge in [0.2, 0.25) is 5.88 Å². The Morgan fingerprint density at radius 3 is 2.91 bits per heavy atom. The first kappa shape index (κ1) is 15.3. The smallest absolute Gasteiger partial charge is 0.360 e. The van der Waals surface area contributed by atoms with Crippen molar-refractivity contribution in [3.63, 3.8) is 0 Å². The first-order valence-corrected chi connectivity index (χ1v) is 8.25. The molecule has 0 saturated carbocycles. The third-order valence-corrected chi connectivity index (χ3v) is 4.66. The summed E-state index contributed by atoms with van der Waals surface area (Å²) in [5.41, 5.74) is 0.703. The van der Waals surface area contributed by atoms with Crippen molar-refractivity contribution in [2.45, 2.75) is 24.3 Å². The molecule has 0 amide bonds. The number of fused-ring (bicyclic) bond motifs is 1. The predicted molar refractivity (Wildman–Crippen MR) is 78.9 cm³/mol. The summed E-state index contributed by atoms with van der Waals surface area (Å²) < 4.78 is 41.8. The quantitative estimate of drug-likeness (QED) is 0.843. The first-order chi connectivity index (χ1) is 10.9. The summed E-state index contributed by atoms with van der Waals surface area (Å²) >= 11 is 0. The van der Waals surface area contributed by atoms with Crippen LogP contribution in [0.15, 0.2) is 33.7 Å². The van der Waals surface area contributed by atoms with Gasteiger partial charge in [-0.05, 0) is 30.7 Å². The number of esters is 1. The molecule has 1 atom stereocenters. The highest BCUT2D eigenvalue weighted by Gasteiger charge is 2.24. The van der Waals surface area contributed by atoms with Crippen molar-refractivity contribution in [2.75, 3.05) is 11.8 Å². The number of carbonyl (C=O) groups is 1. The third kappa shape index (κ3) is 3.00. The van der Waals surface area contributed by atoms with Crippen LogP contribution in [0.1, 0.15) is 23.0 Å². The zero-order valence-electron chi connectivity index (χ0n) is 12.4. The summed E-state index contributed by atoms with van der Waals surface area (Å²) in [4.78, 5) is 11.4. The largest absolute Gasteiger partial charge is 0.490 e. The van der Waals surface area contributed by atoms with E-state index in [0.29, 0.717) is 12.2 Å². The Morgan fingerprint density at radius 1 is 1.39 bits per heavy atom. The molecule has 23 heavy (non-hydrogen) atoms. The average molecular weight is 338 g/mol. The highest BCUT2D eigenvalue weighted by Crippen LogP contribution is 2.31. The molecule has 9 heteroatoms. The standard InChI is InChI=1S/C14H14N2O6S/c1-8-5-9-6-10(3-4-12(9)21-8)23(18,19)16-13-7-11(15-22-13)14(17)20-2/h3-4,6-8,16H,5H2,1-2H3. The van der Waals surface area contributed by atoms with Crippen LogP contribution in [-0.2, 0) is 21.2 Å². The molecule has 0 bridgehead atoms. The molecule has 1 aromatic heterocycles. The summed E-state index contributed by atoms with van der Waals surface area (Å²) in [7, 11) is -2.67. The van der Waals surface area contributed by atoms with Crippen molar-refractivity contribution in [2.24, 2.45) is 0 Å². The van der Waals surface area contributed by atoms with E-state index in [1.54, 1.807) is 12.1 Å². The van der Waals surface area contributed by atoms with E-state index in [1.165, 1.54) is 13.2 Å². The van der Waals surface area contributed by atoms with Crippen LogP contribution in [0.2, 0.25) is 0 Å². The van der Waals surface area contributed by atoms with Gasteiger partial charge in [-0.1, -0.05) is 5.16 Å². The maximum Gasteiger partial charge on any atom is 0.360 e. The lowest BCUT2D eigenvalue weighted by Crippen LogP contribution is -2.12. The molecule has 0 aliphatic carbocycles. The molecule has 1 aliphatic rings. The van der Waals surface area contributed by atoms with Crippen LogP contribution in [0, 0.1) is 0 Å². The normalized spacial score (nSPS) is 16.5. The monoisotopic (exact) mass is 338 g/mol. The number of hydrogen-bond donors (Lipinski definition) is 1. The van der Waals surface area contributed by atoms with Crippen LogP contribution in [-0.4, -0.2) is 32.8 Å². The number of carbonyl (C=O) groups excluding carboxylic acids is 1. The molecule has 1 N–H and O–H groups in total. The molecule has 122 valence electrons. The number of sulfonamides is 1. The van der Waals surface area contributed by atoms with E-state index in [2.05, 4.69) is 14.6 Å². The van der Waals surface area contributed by atoms with E-state index in [4.69, 9.17) is 9.26 Å². The lowest BCUT2D eigenvalue weighted by molar-refractivity contribution is 0.0589. The second-order valence-corrected chi connectivity index (χ2v) is 6.76. The molecule has 3 rings (SSSR count). The van der Waals surface area contributed by atoms with E-state index < -0.39 is 16.0 Å². The molecule has 2 heterocycles. The molecule has 0 spiro atoms. The molecule has 0 fully saturated rings. The fourth-order valence-corrected chi connectivity index (χ4v) is 3.30. The summed E-state index contributed by atoms with van der Waals surface area (Å²) in [6, 6.07) is 5.77. The van der Waals surface area contributed by atoms with Crippen LogP contribution in [0.4, 0.5) is 5.88 Å². The maximum atomic E-state index is 12.4. The third-order valence-electron chi connectivity index (χ3n) is 3.32. The van der Waals surface area contributed by atoms with Crippen molar-refractivity contribution in [3.05, 3.63) is 35.5 Å². The number of nitrogens with one attached hydrogen (secondary N) is 1. The first-order valence-electron chi connectivity index (χ1n) is 6.76. The topological polar surface area (TPSA) is 108 Å². The molecule has 0 radical (unpaired) electrons. The molecule has 2 aromatic rings. The molecule has 8 nitrogen and oxygen atoms in total. The van der Waals surface area contributed by atoms with Gasteiger partial charge in [-0.25, -0.2) is 17.9 Å². The van der Waals surface area contributed by atoms with Gasteiger partial charge in [-0.3, -0.25) is 0 Å². The number of rotatable bonds is 4. The number of anilines is 1. The van der Waals surface area contributed by atoms with Crippen LogP contribution in [0.3, 0.4) is 0 Å². The van der Waals surface area contributed by atoms with Crippen molar-refractivity contribution < 1.29 is 27.2 Å². The molecular formula is C14H14N2O6S. The Kier molecular flexibility index (Phi) is 3.72. The second-order valence-electron chi connectivity index (χ2n) is 5.08. The number of aromatic nitrogens is 1. The van der Waals surface area contributed by atoms with Gasteiger partial charge in [-0.2, -0.15) is 0 Å². The summed E-state index contributed by atoms with van der Waals surface area (Å²) in [6.45, 7) is 1.91. The average Bonchev–Trinajstić information content (AvgIpc) is 3.10. The van der Waals surface area contributed by atoms with Gasteiger partial charge in [0.25, 0.3) is 10.0 Å². The Morgan fingerprint density at radius 2 is 2.17 bits per heavy atom. The lowest BCUT2D eigenvalue weighted by Gasteiger charge is -2.06. The summed E-state index contributed by atoms with van der Waals surface area (Å²) in [5.74, 6) is -0.206. The number of benzene rings is 1. The van der Waals surface area contributed by atoms with E-state index in [0.717, 1.165) is 11.6 Å². The number of hydrogen-bond acceptors (Lipinski definition) is 7. The Labute approximate surface area is 132 Å². The zero-order valence-corrected chi connectivity index (χ0v) is 13.2. The molecular weight excluding hydrogens is 324 g/mol. The minimum Gasteiger partial charge on any atom is -0.490 e. The molecule has 0 saturated heterocycles. The molecule has 1 aromatic carbocycles. The number of nitrogens with zero attached hydrogens (tertiary/aromatic N) is 1. The fourth-order valence-electron chi connectivity index (χ4n) is 2.28. The maximum absolute atomic E-state index is 12.4. The van der Waals surface area contributed by atoms with Gasteiger partial charge < -0.3 is 14.0 Å². The molecule has 1 unspecified atom stereocenters. The highest BCUT2D eigenvalue weighted by atomic mass is 32.2. The van der Waals surface area contributed by atoms with Crippen molar-refractivity contribution in [1.82, 2.24) is 5.16 Å². The van der Waals surface area contributed by atoms with Crippen molar-refractivity contribution in [3.8, 4) is 5.75 Å².